The third-order valence-electron chi connectivity index (χ3n) is 5.56. The Morgan fingerprint density at radius 3 is 2.86 bits per heavy atom. The van der Waals surface area contributed by atoms with Gasteiger partial charge in [-0.15, -0.1) is 0 Å². The molecule has 1 unspecified atom stereocenters. The number of nitrogens with zero attached hydrogens (tertiary/aromatic N) is 5. The summed E-state index contributed by atoms with van der Waals surface area (Å²) in [7, 11) is 4.16. The quantitative estimate of drug-likeness (QED) is 0.618. The van der Waals surface area contributed by atoms with Gasteiger partial charge in [0.05, 0.1) is 10.5 Å². The molecule has 4 rings (SSSR count). The van der Waals surface area contributed by atoms with Gasteiger partial charge in [-0.05, 0) is 58.5 Å². The first-order chi connectivity index (χ1) is 13.4. The molecule has 0 aliphatic carbocycles. The minimum atomic E-state index is -0.0468. The van der Waals surface area contributed by atoms with Crippen molar-refractivity contribution in [2.75, 3.05) is 25.5 Å². The van der Waals surface area contributed by atoms with Gasteiger partial charge in [-0.1, -0.05) is 13.0 Å². The van der Waals surface area contributed by atoms with Crippen LogP contribution in [0.4, 0.5) is 5.69 Å². The van der Waals surface area contributed by atoms with Crippen molar-refractivity contribution in [1.29, 1.82) is 0 Å². The molecule has 0 fully saturated rings. The van der Waals surface area contributed by atoms with Crippen LogP contribution in [0.2, 0.25) is 0 Å². The molecule has 0 bridgehead atoms. The molecule has 28 heavy (non-hydrogen) atoms. The molecule has 1 atom stereocenters. The van der Waals surface area contributed by atoms with Crippen molar-refractivity contribution >= 4 is 33.2 Å². The van der Waals surface area contributed by atoms with Gasteiger partial charge in [0, 0.05) is 44.8 Å². The standard InChI is InChI=1S/C21H24BrN5O/c1-5-15-17-8-9-26(13(2)16(17)6-7-19(15)25(3)4)21(28)18-10-20-23-11-14(22)12-27(20)24-18/h6-7,10-13H,5,8-9H2,1-4H3. The number of amides is 1. The van der Waals surface area contributed by atoms with Crippen molar-refractivity contribution in [3.05, 3.63) is 57.4 Å². The van der Waals surface area contributed by atoms with Gasteiger partial charge in [-0.3, -0.25) is 4.79 Å². The Morgan fingerprint density at radius 2 is 2.14 bits per heavy atom. The second-order valence-electron chi connectivity index (χ2n) is 7.41. The number of carbonyl (C=O) groups excluding carboxylic acids is 1. The number of hydrogen-bond donors (Lipinski definition) is 0. The fourth-order valence-corrected chi connectivity index (χ4v) is 4.47. The van der Waals surface area contributed by atoms with Crippen LogP contribution in [0.15, 0.2) is 35.1 Å². The molecule has 1 amide bonds. The molecule has 0 saturated heterocycles. The molecular weight excluding hydrogens is 418 g/mol. The van der Waals surface area contributed by atoms with Crippen LogP contribution in [0.5, 0.6) is 0 Å². The first-order valence-electron chi connectivity index (χ1n) is 9.54. The highest BCUT2D eigenvalue weighted by Gasteiger charge is 2.31. The minimum Gasteiger partial charge on any atom is -0.377 e. The van der Waals surface area contributed by atoms with Gasteiger partial charge < -0.3 is 9.80 Å². The van der Waals surface area contributed by atoms with Gasteiger partial charge in [0.2, 0.25) is 0 Å². The Labute approximate surface area is 173 Å². The van der Waals surface area contributed by atoms with Gasteiger partial charge in [0.25, 0.3) is 5.91 Å². The first kappa shape index (κ1) is 18.9. The van der Waals surface area contributed by atoms with Gasteiger partial charge in [0.15, 0.2) is 11.3 Å². The highest BCUT2D eigenvalue weighted by atomic mass is 79.9. The Morgan fingerprint density at radius 1 is 1.36 bits per heavy atom. The Kier molecular flexibility index (Phi) is 4.87. The largest absolute Gasteiger partial charge is 0.377 e. The molecule has 7 heteroatoms. The van der Waals surface area contributed by atoms with Crippen LogP contribution in [0.3, 0.4) is 0 Å². The van der Waals surface area contributed by atoms with E-state index in [0.29, 0.717) is 17.9 Å². The van der Waals surface area contributed by atoms with Crippen LogP contribution < -0.4 is 4.90 Å². The molecular formula is C21H24BrN5O. The highest BCUT2D eigenvalue weighted by molar-refractivity contribution is 9.10. The third-order valence-corrected chi connectivity index (χ3v) is 5.97. The number of benzene rings is 1. The molecule has 0 N–H and O–H groups in total. The number of aromatic nitrogens is 3. The molecule has 3 heterocycles. The van der Waals surface area contributed by atoms with Crippen LogP contribution in [0, 0.1) is 0 Å². The lowest BCUT2D eigenvalue weighted by molar-refractivity contribution is 0.0671. The van der Waals surface area contributed by atoms with Crippen molar-refractivity contribution in [1.82, 2.24) is 19.5 Å². The average Bonchev–Trinajstić information content (AvgIpc) is 3.10. The zero-order valence-electron chi connectivity index (χ0n) is 16.6. The number of hydrogen-bond acceptors (Lipinski definition) is 4. The van der Waals surface area contributed by atoms with Crippen molar-refractivity contribution in [3.63, 3.8) is 0 Å². The van der Waals surface area contributed by atoms with Gasteiger partial charge in [-0.2, -0.15) is 5.10 Å². The van der Waals surface area contributed by atoms with Crippen LogP contribution in [-0.2, 0) is 12.8 Å². The summed E-state index contributed by atoms with van der Waals surface area (Å²) in [4.78, 5) is 21.6. The molecule has 2 aromatic heterocycles. The van der Waals surface area contributed by atoms with Crippen molar-refractivity contribution in [2.45, 2.75) is 32.7 Å². The number of halogens is 1. The van der Waals surface area contributed by atoms with Gasteiger partial charge >= 0.3 is 0 Å². The number of rotatable bonds is 3. The van der Waals surface area contributed by atoms with E-state index < -0.39 is 0 Å². The van der Waals surface area contributed by atoms with Crippen LogP contribution in [0.1, 0.15) is 47.1 Å². The van der Waals surface area contributed by atoms with Crippen molar-refractivity contribution in [3.8, 4) is 0 Å². The Balaban J connectivity index is 1.68. The highest BCUT2D eigenvalue weighted by Crippen LogP contribution is 2.36. The lowest BCUT2D eigenvalue weighted by atomic mass is 9.87. The molecule has 1 aliphatic rings. The Bertz CT molecular complexity index is 1060. The molecule has 1 aromatic carbocycles. The van der Waals surface area contributed by atoms with Crippen molar-refractivity contribution in [2.24, 2.45) is 0 Å². The maximum Gasteiger partial charge on any atom is 0.274 e. The lowest BCUT2D eigenvalue weighted by Crippen LogP contribution is -2.39. The number of fused-ring (bicyclic) bond motifs is 2. The second kappa shape index (κ2) is 7.20. The van der Waals surface area contributed by atoms with E-state index in [9.17, 15) is 4.79 Å². The lowest BCUT2D eigenvalue weighted by Gasteiger charge is -2.37. The predicted octanol–water partition coefficient (Wildman–Crippen LogP) is 3.88. The van der Waals surface area contributed by atoms with Gasteiger partial charge in [-0.25, -0.2) is 9.50 Å². The summed E-state index contributed by atoms with van der Waals surface area (Å²) in [5, 5.41) is 4.44. The van der Waals surface area contributed by atoms with Crippen molar-refractivity contribution < 1.29 is 4.79 Å². The van der Waals surface area contributed by atoms with Gasteiger partial charge in [0.1, 0.15) is 0 Å². The smallest absolute Gasteiger partial charge is 0.274 e. The van der Waals surface area contributed by atoms with E-state index in [2.05, 4.69) is 71.0 Å². The van der Waals surface area contributed by atoms with Crippen LogP contribution in [0.25, 0.3) is 5.65 Å². The van der Waals surface area contributed by atoms with E-state index in [0.717, 1.165) is 17.3 Å². The summed E-state index contributed by atoms with van der Waals surface area (Å²) in [6, 6.07) is 6.12. The van der Waals surface area contributed by atoms with E-state index in [-0.39, 0.29) is 11.9 Å². The van der Waals surface area contributed by atoms with E-state index >= 15 is 0 Å². The zero-order valence-corrected chi connectivity index (χ0v) is 18.2. The van der Waals surface area contributed by atoms with E-state index in [1.807, 2.05) is 11.1 Å². The summed E-state index contributed by atoms with van der Waals surface area (Å²) >= 11 is 3.39. The number of anilines is 1. The fourth-order valence-electron chi connectivity index (χ4n) is 4.18. The molecule has 3 aromatic rings. The van der Waals surface area contributed by atoms with E-state index in [1.54, 1.807) is 16.8 Å². The first-order valence-corrected chi connectivity index (χ1v) is 10.3. The topological polar surface area (TPSA) is 53.7 Å². The van der Waals surface area contributed by atoms with Crippen LogP contribution in [-0.4, -0.2) is 46.0 Å². The summed E-state index contributed by atoms with van der Waals surface area (Å²) in [6.07, 6.45) is 5.38. The average molecular weight is 442 g/mol. The molecule has 6 nitrogen and oxygen atoms in total. The maximum atomic E-state index is 13.2. The molecule has 1 aliphatic heterocycles. The third kappa shape index (κ3) is 3.07. The fraction of sp³-hybridized carbons (Fsp3) is 0.381. The summed E-state index contributed by atoms with van der Waals surface area (Å²) in [5.41, 5.74) is 6.40. The molecule has 146 valence electrons. The summed E-state index contributed by atoms with van der Waals surface area (Å²) < 4.78 is 2.46. The Hall–Kier alpha value is -2.41. The molecule has 0 spiro atoms. The van der Waals surface area contributed by atoms with Crippen LogP contribution >= 0.6 is 15.9 Å². The summed E-state index contributed by atoms with van der Waals surface area (Å²) in [6.45, 7) is 5.00. The van der Waals surface area contributed by atoms with E-state index in [1.165, 1.54) is 22.4 Å². The second-order valence-corrected chi connectivity index (χ2v) is 8.32. The SMILES string of the molecule is CCc1c(N(C)C)ccc2c1CCN(C(=O)c1cc3ncc(Br)cn3n1)C2C. The molecule has 0 saturated carbocycles. The zero-order chi connectivity index (χ0) is 20.0. The predicted molar refractivity (Wildman–Crippen MR) is 114 cm³/mol. The maximum absolute atomic E-state index is 13.2. The molecule has 0 radical (unpaired) electrons. The number of carbonyl (C=O) groups is 1. The monoisotopic (exact) mass is 441 g/mol. The normalized spacial score (nSPS) is 16.3. The minimum absolute atomic E-state index is 0.0160. The summed E-state index contributed by atoms with van der Waals surface area (Å²) in [5.74, 6) is -0.0468. The van der Waals surface area contributed by atoms with E-state index in [4.69, 9.17) is 0 Å².